The summed E-state index contributed by atoms with van der Waals surface area (Å²) in [4.78, 5) is 32.4. The third kappa shape index (κ3) is 3.46. The molecule has 1 aromatic carbocycles. The van der Waals surface area contributed by atoms with Gasteiger partial charge in [-0.05, 0) is 49.9 Å². The summed E-state index contributed by atoms with van der Waals surface area (Å²) in [5, 5.41) is 2.92. The number of carbonyl (C=O) groups excluding carboxylic acids is 2. The normalized spacial score (nSPS) is 23.9. The number of hydrogen-bond donors (Lipinski definition) is 2. The Kier molecular flexibility index (Phi) is 5.03. The Morgan fingerprint density at radius 2 is 1.86 bits per heavy atom. The van der Waals surface area contributed by atoms with Crippen LogP contribution in [0.25, 0.3) is 0 Å². The molecule has 6 heteroatoms. The molecule has 1 aliphatic carbocycles. The molecule has 28 heavy (non-hydrogen) atoms. The standard InChI is InChI=1S/C22H26N4O2/c1-14-12-15-6-2-5-9-19(15)26(14)22(28)18-8-4-3-7-17(18)21(27)25-16-10-11-20(23)24-13-16/h2,5-6,9-11,13-14,17-18H,3-4,7-8,12H2,1H3,(H2,23,24)(H,25,27). The first kappa shape index (κ1) is 18.5. The Labute approximate surface area is 165 Å². The minimum absolute atomic E-state index is 0.0766. The van der Waals surface area contributed by atoms with Crippen LogP contribution in [-0.4, -0.2) is 22.8 Å². The Balaban J connectivity index is 1.54. The second-order valence-electron chi connectivity index (χ2n) is 7.85. The van der Waals surface area contributed by atoms with Gasteiger partial charge in [0.15, 0.2) is 0 Å². The summed E-state index contributed by atoms with van der Waals surface area (Å²) < 4.78 is 0. The average Bonchev–Trinajstić information content (AvgIpc) is 3.05. The number of pyridine rings is 1. The first-order valence-corrected chi connectivity index (χ1v) is 9.98. The Bertz CT molecular complexity index is 880. The van der Waals surface area contributed by atoms with Crippen LogP contribution in [0, 0.1) is 11.8 Å². The summed E-state index contributed by atoms with van der Waals surface area (Å²) in [5.74, 6) is -0.231. The molecule has 2 heterocycles. The summed E-state index contributed by atoms with van der Waals surface area (Å²) in [5.41, 5.74) is 8.41. The predicted octanol–water partition coefficient (Wildman–Crippen LogP) is 3.39. The molecular weight excluding hydrogens is 352 g/mol. The molecule has 2 amide bonds. The van der Waals surface area contributed by atoms with Gasteiger partial charge in [-0.2, -0.15) is 0 Å². The molecule has 3 unspecified atom stereocenters. The summed E-state index contributed by atoms with van der Waals surface area (Å²) in [7, 11) is 0. The lowest BCUT2D eigenvalue weighted by molar-refractivity contribution is -0.132. The number of nitrogens with two attached hydrogens (primary N) is 1. The quantitative estimate of drug-likeness (QED) is 0.857. The summed E-state index contributed by atoms with van der Waals surface area (Å²) in [6.45, 7) is 2.08. The van der Waals surface area contributed by atoms with E-state index in [1.54, 1.807) is 18.3 Å². The number of rotatable bonds is 3. The summed E-state index contributed by atoms with van der Waals surface area (Å²) in [6.07, 6.45) is 5.84. The van der Waals surface area contributed by atoms with Gasteiger partial charge in [0.1, 0.15) is 5.82 Å². The van der Waals surface area contributed by atoms with Crippen LogP contribution in [0.4, 0.5) is 17.2 Å². The van der Waals surface area contributed by atoms with Gasteiger partial charge in [0.05, 0.1) is 17.8 Å². The number of anilines is 3. The summed E-state index contributed by atoms with van der Waals surface area (Å²) in [6, 6.07) is 11.6. The minimum Gasteiger partial charge on any atom is -0.384 e. The smallest absolute Gasteiger partial charge is 0.231 e. The highest BCUT2D eigenvalue weighted by molar-refractivity contribution is 6.02. The van der Waals surface area contributed by atoms with Crippen molar-refractivity contribution in [3.63, 3.8) is 0 Å². The number of nitrogen functional groups attached to an aromatic ring is 1. The van der Waals surface area contributed by atoms with Crippen molar-refractivity contribution in [2.24, 2.45) is 11.8 Å². The lowest BCUT2D eigenvalue weighted by Crippen LogP contribution is -2.46. The topological polar surface area (TPSA) is 88.3 Å². The first-order valence-electron chi connectivity index (χ1n) is 9.98. The van der Waals surface area contributed by atoms with Gasteiger partial charge >= 0.3 is 0 Å². The van der Waals surface area contributed by atoms with Crippen LogP contribution in [0.5, 0.6) is 0 Å². The average molecular weight is 378 g/mol. The third-order valence-electron chi connectivity index (χ3n) is 5.92. The maximum absolute atomic E-state index is 13.5. The SMILES string of the molecule is CC1Cc2ccccc2N1C(=O)C1CCCCC1C(=O)Nc1ccc(N)nc1. The van der Waals surface area contributed by atoms with Crippen molar-refractivity contribution in [2.45, 2.75) is 45.1 Å². The fraction of sp³-hybridized carbons (Fsp3) is 0.409. The third-order valence-corrected chi connectivity index (χ3v) is 5.92. The van der Waals surface area contributed by atoms with Crippen molar-refractivity contribution >= 4 is 29.0 Å². The number of carbonyl (C=O) groups is 2. The fourth-order valence-electron chi connectivity index (χ4n) is 4.53. The van der Waals surface area contributed by atoms with Gasteiger partial charge in [-0.15, -0.1) is 0 Å². The number of benzene rings is 1. The van der Waals surface area contributed by atoms with Crippen molar-refractivity contribution in [3.05, 3.63) is 48.2 Å². The number of fused-ring (bicyclic) bond motifs is 1. The van der Waals surface area contributed by atoms with Gasteiger partial charge in [-0.25, -0.2) is 4.98 Å². The first-order chi connectivity index (χ1) is 13.5. The second kappa shape index (κ2) is 7.62. The van der Waals surface area contributed by atoms with Crippen LogP contribution < -0.4 is 16.0 Å². The maximum Gasteiger partial charge on any atom is 0.231 e. The maximum atomic E-state index is 13.5. The van der Waals surface area contributed by atoms with Crippen molar-refractivity contribution in [1.29, 1.82) is 0 Å². The molecule has 4 rings (SSSR count). The number of para-hydroxylation sites is 1. The van der Waals surface area contributed by atoms with Crippen molar-refractivity contribution in [3.8, 4) is 0 Å². The van der Waals surface area contributed by atoms with Crippen molar-refractivity contribution in [1.82, 2.24) is 4.98 Å². The number of hydrogen-bond acceptors (Lipinski definition) is 4. The molecule has 2 aromatic rings. The molecule has 0 radical (unpaired) electrons. The largest absolute Gasteiger partial charge is 0.384 e. The van der Waals surface area contributed by atoms with Gasteiger partial charge in [0.2, 0.25) is 11.8 Å². The Hall–Kier alpha value is -2.89. The van der Waals surface area contributed by atoms with Crippen LogP contribution in [0.2, 0.25) is 0 Å². The highest BCUT2D eigenvalue weighted by Gasteiger charge is 2.41. The highest BCUT2D eigenvalue weighted by atomic mass is 16.2. The molecule has 1 aliphatic heterocycles. The van der Waals surface area contributed by atoms with E-state index in [1.165, 1.54) is 5.56 Å². The molecule has 0 bridgehead atoms. The zero-order valence-electron chi connectivity index (χ0n) is 16.1. The van der Waals surface area contributed by atoms with Crippen molar-refractivity contribution < 1.29 is 9.59 Å². The van der Waals surface area contributed by atoms with E-state index in [4.69, 9.17) is 5.73 Å². The number of nitrogens with one attached hydrogen (secondary N) is 1. The Morgan fingerprint density at radius 1 is 1.11 bits per heavy atom. The van der Waals surface area contributed by atoms with Gasteiger partial charge < -0.3 is 16.0 Å². The molecule has 0 spiro atoms. The van der Waals surface area contributed by atoms with E-state index in [-0.39, 0.29) is 29.7 Å². The van der Waals surface area contributed by atoms with Crippen LogP contribution in [-0.2, 0) is 16.0 Å². The van der Waals surface area contributed by atoms with E-state index in [2.05, 4.69) is 23.3 Å². The lowest BCUT2D eigenvalue weighted by atomic mass is 9.77. The Morgan fingerprint density at radius 3 is 2.61 bits per heavy atom. The van der Waals surface area contributed by atoms with Crippen LogP contribution >= 0.6 is 0 Å². The molecule has 1 fully saturated rings. The van der Waals surface area contributed by atoms with E-state index in [1.807, 2.05) is 23.1 Å². The van der Waals surface area contributed by atoms with E-state index in [0.29, 0.717) is 11.5 Å². The lowest BCUT2D eigenvalue weighted by Gasteiger charge is -2.34. The second-order valence-corrected chi connectivity index (χ2v) is 7.85. The zero-order valence-corrected chi connectivity index (χ0v) is 16.1. The van der Waals surface area contributed by atoms with E-state index in [0.717, 1.165) is 37.8 Å². The van der Waals surface area contributed by atoms with Gasteiger partial charge in [0.25, 0.3) is 0 Å². The summed E-state index contributed by atoms with van der Waals surface area (Å²) >= 11 is 0. The van der Waals surface area contributed by atoms with Gasteiger partial charge in [-0.1, -0.05) is 31.0 Å². The number of nitrogens with zero attached hydrogens (tertiary/aromatic N) is 2. The molecule has 6 nitrogen and oxygen atoms in total. The number of amides is 2. The number of aromatic nitrogens is 1. The molecule has 1 aromatic heterocycles. The molecular formula is C22H26N4O2. The van der Waals surface area contributed by atoms with E-state index < -0.39 is 0 Å². The molecule has 0 saturated heterocycles. The monoisotopic (exact) mass is 378 g/mol. The predicted molar refractivity (Wildman–Crippen MR) is 110 cm³/mol. The van der Waals surface area contributed by atoms with E-state index >= 15 is 0 Å². The molecule has 3 N–H and O–H groups in total. The zero-order chi connectivity index (χ0) is 19.7. The molecule has 2 aliphatic rings. The van der Waals surface area contributed by atoms with Gasteiger partial charge in [0, 0.05) is 17.6 Å². The van der Waals surface area contributed by atoms with Crippen LogP contribution in [0.1, 0.15) is 38.2 Å². The van der Waals surface area contributed by atoms with E-state index in [9.17, 15) is 9.59 Å². The van der Waals surface area contributed by atoms with Gasteiger partial charge in [-0.3, -0.25) is 9.59 Å². The van der Waals surface area contributed by atoms with Crippen LogP contribution in [0.3, 0.4) is 0 Å². The fourth-order valence-corrected chi connectivity index (χ4v) is 4.53. The highest BCUT2D eigenvalue weighted by Crippen LogP contribution is 2.38. The molecule has 146 valence electrons. The molecule has 3 atom stereocenters. The van der Waals surface area contributed by atoms with Crippen molar-refractivity contribution in [2.75, 3.05) is 16.0 Å². The minimum atomic E-state index is -0.321. The molecule has 1 saturated carbocycles. The van der Waals surface area contributed by atoms with Crippen LogP contribution in [0.15, 0.2) is 42.6 Å².